The van der Waals surface area contributed by atoms with Crippen LogP contribution in [0, 0.1) is 5.82 Å². The van der Waals surface area contributed by atoms with Crippen LogP contribution in [0.1, 0.15) is 28.3 Å². The SMILES string of the molecule is CNC(c1ccc2c(c1)COC2)c1cccc(Br)c1F. The third-order valence-corrected chi connectivity index (χ3v) is 4.27. The molecule has 104 valence electrons. The van der Waals surface area contributed by atoms with E-state index in [9.17, 15) is 4.39 Å². The van der Waals surface area contributed by atoms with Gasteiger partial charge in [-0.05, 0) is 45.7 Å². The molecule has 1 atom stereocenters. The molecule has 1 aliphatic heterocycles. The van der Waals surface area contributed by atoms with Gasteiger partial charge in [-0.2, -0.15) is 0 Å². The van der Waals surface area contributed by atoms with Gasteiger partial charge in [0, 0.05) is 5.56 Å². The molecule has 1 N–H and O–H groups in total. The summed E-state index contributed by atoms with van der Waals surface area (Å²) in [5.41, 5.74) is 4.10. The Morgan fingerprint density at radius 2 is 2.00 bits per heavy atom. The lowest BCUT2D eigenvalue weighted by atomic mass is 9.95. The molecule has 0 aliphatic carbocycles. The normalized spacial score (nSPS) is 15.2. The quantitative estimate of drug-likeness (QED) is 0.917. The van der Waals surface area contributed by atoms with Crippen molar-refractivity contribution in [2.75, 3.05) is 7.05 Å². The molecule has 2 nitrogen and oxygen atoms in total. The van der Waals surface area contributed by atoms with E-state index < -0.39 is 0 Å². The van der Waals surface area contributed by atoms with E-state index in [0.717, 1.165) is 5.56 Å². The summed E-state index contributed by atoms with van der Waals surface area (Å²) in [6.07, 6.45) is 0. The van der Waals surface area contributed by atoms with Gasteiger partial charge >= 0.3 is 0 Å². The van der Waals surface area contributed by atoms with Crippen molar-refractivity contribution in [2.45, 2.75) is 19.3 Å². The highest BCUT2D eigenvalue weighted by atomic mass is 79.9. The maximum atomic E-state index is 14.3. The zero-order chi connectivity index (χ0) is 14.1. The van der Waals surface area contributed by atoms with Gasteiger partial charge in [0.15, 0.2) is 0 Å². The lowest BCUT2D eigenvalue weighted by Crippen LogP contribution is -2.19. The predicted octanol–water partition coefficient (Wildman–Crippen LogP) is 3.93. The molecule has 0 saturated heterocycles. The first-order valence-electron chi connectivity index (χ1n) is 6.51. The summed E-state index contributed by atoms with van der Waals surface area (Å²) in [6.45, 7) is 1.31. The minimum Gasteiger partial charge on any atom is -0.372 e. The zero-order valence-electron chi connectivity index (χ0n) is 11.1. The predicted molar refractivity (Wildman–Crippen MR) is 79.9 cm³/mol. The Labute approximate surface area is 126 Å². The molecule has 0 spiro atoms. The molecular weight excluding hydrogens is 321 g/mol. The fourth-order valence-electron chi connectivity index (χ4n) is 2.62. The maximum absolute atomic E-state index is 14.3. The molecule has 20 heavy (non-hydrogen) atoms. The van der Waals surface area contributed by atoms with Crippen molar-refractivity contribution in [1.29, 1.82) is 0 Å². The van der Waals surface area contributed by atoms with E-state index in [1.165, 1.54) is 11.1 Å². The molecule has 0 saturated carbocycles. The second-order valence-corrected chi connectivity index (χ2v) is 5.74. The van der Waals surface area contributed by atoms with Crippen LogP contribution in [0.2, 0.25) is 0 Å². The number of hydrogen-bond donors (Lipinski definition) is 1. The van der Waals surface area contributed by atoms with Crippen molar-refractivity contribution in [2.24, 2.45) is 0 Å². The molecule has 1 unspecified atom stereocenters. The van der Waals surface area contributed by atoms with E-state index in [0.29, 0.717) is 23.2 Å². The van der Waals surface area contributed by atoms with Crippen molar-refractivity contribution < 1.29 is 9.13 Å². The van der Waals surface area contributed by atoms with E-state index in [1.54, 1.807) is 6.07 Å². The number of benzene rings is 2. The number of halogens is 2. The van der Waals surface area contributed by atoms with Crippen LogP contribution >= 0.6 is 15.9 Å². The van der Waals surface area contributed by atoms with Crippen LogP contribution < -0.4 is 5.32 Å². The zero-order valence-corrected chi connectivity index (χ0v) is 12.7. The van der Waals surface area contributed by atoms with Crippen molar-refractivity contribution in [1.82, 2.24) is 5.32 Å². The van der Waals surface area contributed by atoms with Gasteiger partial charge in [0.05, 0.1) is 23.7 Å². The highest BCUT2D eigenvalue weighted by Crippen LogP contribution is 2.30. The van der Waals surface area contributed by atoms with E-state index in [4.69, 9.17) is 4.74 Å². The summed E-state index contributed by atoms with van der Waals surface area (Å²) >= 11 is 3.24. The number of hydrogen-bond acceptors (Lipinski definition) is 2. The number of ether oxygens (including phenoxy) is 1. The van der Waals surface area contributed by atoms with Crippen molar-refractivity contribution in [3.63, 3.8) is 0 Å². The molecule has 0 bridgehead atoms. The largest absolute Gasteiger partial charge is 0.372 e. The van der Waals surface area contributed by atoms with Crippen molar-refractivity contribution in [3.8, 4) is 0 Å². The van der Waals surface area contributed by atoms with Crippen molar-refractivity contribution in [3.05, 3.63) is 68.9 Å². The number of rotatable bonds is 3. The Morgan fingerprint density at radius 3 is 2.80 bits per heavy atom. The van der Waals surface area contributed by atoms with Gasteiger partial charge in [-0.15, -0.1) is 0 Å². The van der Waals surface area contributed by atoms with Crippen LogP contribution in [0.15, 0.2) is 40.9 Å². The maximum Gasteiger partial charge on any atom is 0.142 e. The minimum atomic E-state index is -0.219. The average molecular weight is 336 g/mol. The second-order valence-electron chi connectivity index (χ2n) is 4.89. The number of nitrogens with one attached hydrogen (secondary N) is 1. The summed E-state index contributed by atoms with van der Waals surface area (Å²) in [5.74, 6) is -0.219. The smallest absolute Gasteiger partial charge is 0.142 e. The van der Waals surface area contributed by atoms with Gasteiger partial charge in [0.25, 0.3) is 0 Å². The fraction of sp³-hybridized carbons (Fsp3) is 0.250. The molecule has 2 aromatic rings. The van der Waals surface area contributed by atoms with Crippen LogP contribution in [-0.4, -0.2) is 7.05 Å². The second kappa shape index (κ2) is 5.64. The Balaban J connectivity index is 2.03. The van der Waals surface area contributed by atoms with Crippen molar-refractivity contribution >= 4 is 15.9 Å². The molecule has 2 aromatic carbocycles. The summed E-state index contributed by atoms with van der Waals surface area (Å²) in [6, 6.07) is 11.4. The van der Waals surface area contributed by atoms with Gasteiger partial charge in [-0.1, -0.05) is 30.3 Å². The first-order valence-corrected chi connectivity index (χ1v) is 7.30. The molecule has 1 heterocycles. The first kappa shape index (κ1) is 13.7. The molecule has 0 aromatic heterocycles. The Bertz CT molecular complexity index is 644. The van der Waals surface area contributed by atoms with Gasteiger partial charge in [0.2, 0.25) is 0 Å². The molecule has 0 radical (unpaired) electrons. The average Bonchev–Trinajstić information content (AvgIpc) is 2.92. The molecule has 1 aliphatic rings. The van der Waals surface area contributed by atoms with Crippen LogP contribution in [0.3, 0.4) is 0 Å². The summed E-state index contributed by atoms with van der Waals surface area (Å²) in [7, 11) is 1.84. The van der Waals surface area contributed by atoms with E-state index in [1.807, 2.05) is 25.2 Å². The standard InChI is InChI=1S/C16H15BrFNO/c1-19-16(13-3-2-4-14(17)15(13)18)10-5-6-11-8-20-9-12(11)7-10/h2-7,16,19H,8-9H2,1H3. The van der Waals surface area contributed by atoms with Gasteiger partial charge in [0.1, 0.15) is 5.82 Å². The Morgan fingerprint density at radius 1 is 1.20 bits per heavy atom. The summed E-state index contributed by atoms with van der Waals surface area (Å²) in [5, 5.41) is 3.19. The highest BCUT2D eigenvalue weighted by molar-refractivity contribution is 9.10. The third kappa shape index (κ3) is 2.39. The van der Waals surface area contributed by atoms with Crippen LogP contribution in [0.4, 0.5) is 4.39 Å². The molecule has 0 fully saturated rings. The topological polar surface area (TPSA) is 21.3 Å². The van der Waals surface area contributed by atoms with Gasteiger partial charge in [-0.25, -0.2) is 4.39 Å². The fourth-order valence-corrected chi connectivity index (χ4v) is 3.00. The van der Waals surface area contributed by atoms with Gasteiger partial charge in [-0.3, -0.25) is 0 Å². The Kier molecular flexibility index (Phi) is 3.87. The summed E-state index contributed by atoms with van der Waals surface area (Å²) < 4.78 is 20.2. The third-order valence-electron chi connectivity index (χ3n) is 3.66. The number of fused-ring (bicyclic) bond motifs is 1. The minimum absolute atomic E-state index is 0.168. The van der Waals surface area contributed by atoms with E-state index in [-0.39, 0.29) is 11.9 Å². The molecular formula is C16H15BrFNO. The van der Waals surface area contributed by atoms with Crippen LogP contribution in [0.25, 0.3) is 0 Å². The molecule has 4 heteroatoms. The van der Waals surface area contributed by atoms with E-state index >= 15 is 0 Å². The summed E-state index contributed by atoms with van der Waals surface area (Å²) in [4.78, 5) is 0. The van der Waals surface area contributed by atoms with E-state index in [2.05, 4.69) is 33.4 Å². The Hall–Kier alpha value is -1.23. The lowest BCUT2D eigenvalue weighted by Gasteiger charge is -2.19. The first-order chi connectivity index (χ1) is 9.70. The molecule has 3 rings (SSSR count). The molecule has 0 amide bonds. The monoisotopic (exact) mass is 335 g/mol. The van der Waals surface area contributed by atoms with Crippen LogP contribution in [-0.2, 0) is 18.0 Å². The lowest BCUT2D eigenvalue weighted by molar-refractivity contribution is 0.134. The van der Waals surface area contributed by atoms with Gasteiger partial charge < -0.3 is 10.1 Å². The highest BCUT2D eigenvalue weighted by Gasteiger charge is 2.20. The van der Waals surface area contributed by atoms with Crippen LogP contribution in [0.5, 0.6) is 0 Å².